The Morgan fingerprint density at radius 2 is 1.90 bits per heavy atom. The van der Waals surface area contributed by atoms with Gasteiger partial charge in [0.2, 0.25) is 0 Å². The van der Waals surface area contributed by atoms with Crippen molar-refractivity contribution in [3.8, 4) is 5.75 Å². The van der Waals surface area contributed by atoms with E-state index in [1.54, 1.807) is 7.11 Å². The number of ether oxygens (including phenoxy) is 1. The number of alkyl halides is 3. The Morgan fingerprint density at radius 3 is 2.39 bits per heavy atom. The van der Waals surface area contributed by atoms with Crippen LogP contribution >= 0.6 is 23.2 Å². The molecule has 6 nitrogen and oxygen atoms in total. The number of hydrogen-bond donors (Lipinski definition) is 1. The van der Waals surface area contributed by atoms with Crippen molar-refractivity contribution in [3.63, 3.8) is 0 Å². The van der Waals surface area contributed by atoms with Crippen molar-refractivity contribution in [3.05, 3.63) is 45.2 Å². The molecular weight excluding hydrogens is 456 g/mol. The molecule has 1 fully saturated rings. The van der Waals surface area contributed by atoms with Gasteiger partial charge < -0.3 is 20.2 Å². The minimum Gasteiger partial charge on any atom is -0.495 e. The zero-order chi connectivity index (χ0) is 23.4. The van der Waals surface area contributed by atoms with Gasteiger partial charge in [0.15, 0.2) is 5.69 Å². The first-order chi connectivity index (χ1) is 14.4. The lowest BCUT2D eigenvalue weighted by atomic mass is 9.82. The van der Waals surface area contributed by atoms with Gasteiger partial charge in [0.05, 0.1) is 29.4 Å². The Balaban J connectivity index is 0.000000225. The summed E-state index contributed by atoms with van der Waals surface area (Å²) in [7, 11) is 3.75. The maximum Gasteiger partial charge on any atom is 0.436 e. The fraction of sp³-hybridized carbons (Fsp3) is 0.500. The second kappa shape index (κ2) is 10.2. The molecule has 2 N–H and O–H groups in total. The Hall–Kier alpha value is -1.81. The third kappa shape index (κ3) is 6.12. The van der Waals surface area contributed by atoms with Crippen molar-refractivity contribution in [2.24, 2.45) is 5.73 Å². The summed E-state index contributed by atoms with van der Waals surface area (Å²) in [5, 5.41) is 3.37. The molecule has 1 aliphatic rings. The fourth-order valence-electron chi connectivity index (χ4n) is 3.23. The number of nitrogens with zero attached hydrogens (tertiary/aromatic N) is 3. The van der Waals surface area contributed by atoms with Crippen molar-refractivity contribution in [2.45, 2.75) is 38.0 Å². The van der Waals surface area contributed by atoms with Crippen LogP contribution in [0.4, 0.5) is 13.2 Å². The van der Waals surface area contributed by atoms with Crippen LogP contribution in [0, 0.1) is 6.92 Å². The predicted octanol–water partition coefficient (Wildman–Crippen LogP) is 4.29. The zero-order valence-electron chi connectivity index (χ0n) is 17.5. The summed E-state index contributed by atoms with van der Waals surface area (Å²) in [5.41, 5.74) is 6.34. The van der Waals surface area contributed by atoms with E-state index < -0.39 is 16.9 Å². The van der Waals surface area contributed by atoms with Crippen molar-refractivity contribution in [1.82, 2.24) is 14.7 Å². The molecule has 11 heteroatoms. The normalized spacial score (nSPS) is 16.4. The number of piperidine rings is 1. The van der Waals surface area contributed by atoms with Crippen LogP contribution in [0.1, 0.15) is 29.8 Å². The number of likely N-dealkylation sites (tertiary alicyclic amines) is 1. The van der Waals surface area contributed by atoms with Crippen LogP contribution in [0.15, 0.2) is 18.2 Å². The first-order valence-corrected chi connectivity index (χ1v) is 10.2. The van der Waals surface area contributed by atoms with Gasteiger partial charge in [-0.1, -0.05) is 29.3 Å². The topological polar surface area (TPSA) is 73.4 Å². The maximum atomic E-state index is 12.2. The summed E-state index contributed by atoms with van der Waals surface area (Å²) >= 11 is 11.4. The van der Waals surface area contributed by atoms with E-state index in [-0.39, 0.29) is 17.8 Å². The first-order valence-electron chi connectivity index (χ1n) is 9.48. The first kappa shape index (κ1) is 25.5. The lowest BCUT2D eigenvalue weighted by Crippen LogP contribution is -2.46. The monoisotopic (exact) mass is 480 g/mol. The SMILES string of the molecule is COc1cc(C2(N)CCN(C)CC2)ccc1Cl.Cc1c(Cl)c(C(F)(F)F)nn1CC=O. The number of aldehydes is 1. The molecule has 0 radical (unpaired) electrons. The summed E-state index contributed by atoms with van der Waals surface area (Å²) in [6.07, 6.45) is -2.20. The van der Waals surface area contributed by atoms with Gasteiger partial charge in [0.25, 0.3) is 0 Å². The van der Waals surface area contributed by atoms with Crippen LogP contribution in [-0.2, 0) is 23.1 Å². The molecule has 1 aromatic heterocycles. The predicted molar refractivity (Wildman–Crippen MR) is 114 cm³/mol. The number of nitrogens with two attached hydrogens (primary N) is 1. The third-order valence-electron chi connectivity index (χ3n) is 5.25. The Morgan fingerprint density at radius 1 is 1.29 bits per heavy atom. The minimum absolute atomic E-state index is 0.131. The van der Waals surface area contributed by atoms with Crippen molar-refractivity contribution in [1.29, 1.82) is 0 Å². The van der Waals surface area contributed by atoms with E-state index in [1.807, 2.05) is 18.2 Å². The highest BCUT2D eigenvalue weighted by Gasteiger charge is 2.38. The Labute approximate surface area is 189 Å². The highest BCUT2D eigenvalue weighted by atomic mass is 35.5. The largest absolute Gasteiger partial charge is 0.495 e. The average Bonchev–Trinajstić information content (AvgIpc) is 3.00. The van der Waals surface area contributed by atoms with Gasteiger partial charge in [-0.2, -0.15) is 18.3 Å². The molecule has 0 atom stereocenters. The number of aromatic nitrogens is 2. The molecule has 2 aromatic rings. The van der Waals surface area contributed by atoms with E-state index in [0.29, 0.717) is 17.1 Å². The molecule has 1 saturated heterocycles. The summed E-state index contributed by atoms with van der Waals surface area (Å²) in [6.45, 7) is 3.19. The van der Waals surface area contributed by atoms with Crippen LogP contribution in [-0.4, -0.2) is 48.2 Å². The lowest BCUT2D eigenvalue weighted by molar-refractivity contribution is -0.141. The molecule has 0 spiro atoms. The van der Waals surface area contributed by atoms with Crippen molar-refractivity contribution < 1.29 is 22.7 Å². The van der Waals surface area contributed by atoms with E-state index in [1.165, 1.54) is 6.92 Å². The number of benzene rings is 1. The van der Waals surface area contributed by atoms with Gasteiger partial charge in [0.1, 0.15) is 12.0 Å². The van der Waals surface area contributed by atoms with Crippen molar-refractivity contribution >= 4 is 29.5 Å². The number of carbonyl (C=O) groups excluding carboxylic acids is 1. The van der Waals surface area contributed by atoms with E-state index in [2.05, 4.69) is 17.0 Å². The van der Waals surface area contributed by atoms with Gasteiger partial charge in [-0.25, -0.2) is 0 Å². The van der Waals surface area contributed by atoms with Crippen LogP contribution < -0.4 is 10.5 Å². The molecule has 0 aliphatic carbocycles. The Kier molecular flexibility index (Phi) is 8.38. The zero-order valence-corrected chi connectivity index (χ0v) is 19.0. The lowest BCUT2D eigenvalue weighted by Gasteiger charge is -2.38. The van der Waals surface area contributed by atoms with Crippen LogP contribution in [0.25, 0.3) is 0 Å². The molecule has 3 rings (SSSR count). The average molecular weight is 481 g/mol. The number of halogens is 5. The highest BCUT2D eigenvalue weighted by Crippen LogP contribution is 2.36. The third-order valence-corrected chi connectivity index (χ3v) is 6.02. The number of rotatable bonds is 4. The van der Waals surface area contributed by atoms with Crippen molar-refractivity contribution in [2.75, 3.05) is 27.2 Å². The number of methoxy groups -OCH3 is 1. The highest BCUT2D eigenvalue weighted by molar-refractivity contribution is 6.32. The van der Waals surface area contributed by atoms with E-state index in [4.69, 9.17) is 33.7 Å². The van der Waals surface area contributed by atoms with Gasteiger partial charge in [-0.15, -0.1) is 0 Å². The van der Waals surface area contributed by atoms with Crippen LogP contribution in [0.5, 0.6) is 5.75 Å². The minimum atomic E-state index is -4.59. The molecule has 2 heterocycles. The fourth-order valence-corrected chi connectivity index (χ4v) is 3.67. The molecule has 0 unspecified atom stereocenters. The summed E-state index contributed by atoms with van der Waals surface area (Å²) < 4.78 is 42.9. The van der Waals surface area contributed by atoms with Crippen LogP contribution in [0.3, 0.4) is 0 Å². The molecule has 0 saturated carbocycles. The summed E-state index contributed by atoms with van der Waals surface area (Å²) in [4.78, 5) is 12.4. The van der Waals surface area contributed by atoms with Gasteiger partial charge >= 0.3 is 6.18 Å². The number of hydrogen-bond acceptors (Lipinski definition) is 5. The van der Waals surface area contributed by atoms with Gasteiger partial charge in [-0.05, 0) is 57.6 Å². The van der Waals surface area contributed by atoms with E-state index in [0.717, 1.165) is 36.2 Å². The maximum absolute atomic E-state index is 12.2. The molecule has 0 bridgehead atoms. The second-order valence-electron chi connectivity index (χ2n) is 7.40. The molecule has 172 valence electrons. The van der Waals surface area contributed by atoms with E-state index in [9.17, 15) is 18.0 Å². The summed E-state index contributed by atoms with van der Waals surface area (Å²) in [5.74, 6) is 0.702. The van der Waals surface area contributed by atoms with Gasteiger partial charge in [0, 0.05) is 5.54 Å². The summed E-state index contributed by atoms with van der Waals surface area (Å²) in [6, 6.07) is 5.84. The molecule has 31 heavy (non-hydrogen) atoms. The standard InChI is InChI=1S/C13H19ClN2O.C7H6ClF3N2O/c1-16-7-5-13(15,6-8-16)10-3-4-11(14)12(9-10)17-2;1-4-5(8)6(7(9,10)11)12-13(4)2-3-14/h3-4,9H,5-8,15H2,1-2H3;3H,2H2,1H3. The van der Waals surface area contributed by atoms with E-state index >= 15 is 0 Å². The number of carbonyl (C=O) groups is 1. The van der Waals surface area contributed by atoms with Crippen LogP contribution in [0.2, 0.25) is 10.0 Å². The smallest absolute Gasteiger partial charge is 0.436 e. The quantitative estimate of drug-likeness (QED) is 0.660. The van der Waals surface area contributed by atoms with Gasteiger partial charge in [-0.3, -0.25) is 4.68 Å². The molecular formula is C20H25Cl2F3N4O2. The molecule has 0 amide bonds. The Bertz CT molecular complexity index is 911. The second-order valence-corrected chi connectivity index (χ2v) is 8.19. The molecule has 1 aliphatic heterocycles. The molecule has 1 aromatic carbocycles.